The molecule has 0 aromatic carbocycles. The largest absolute Gasteiger partial charge is 0.354 e. The number of rotatable bonds is 5. The zero-order valence-electron chi connectivity index (χ0n) is 22.6. The maximum Gasteiger partial charge on any atom is 0.0740 e. The van der Waals surface area contributed by atoms with Crippen LogP contribution in [0.2, 0.25) is 5.31 Å². The molecule has 180 valence electrons. The third kappa shape index (κ3) is 9.62. The predicted octanol–water partition coefficient (Wildman–Crippen LogP) is 9.17. The summed E-state index contributed by atoms with van der Waals surface area (Å²) in [6.45, 7) is 22.2. The molecule has 3 aliphatic rings. The first-order chi connectivity index (χ1) is 13.9. The van der Waals surface area contributed by atoms with Crippen molar-refractivity contribution in [1.82, 2.24) is 0 Å². The molecule has 0 amide bonds. The van der Waals surface area contributed by atoms with E-state index in [4.69, 9.17) is 7.85 Å². The summed E-state index contributed by atoms with van der Waals surface area (Å²) in [5, 5.41) is 0.0281. The van der Waals surface area contributed by atoms with Crippen molar-refractivity contribution in [2.24, 2.45) is 28.1 Å². The van der Waals surface area contributed by atoms with E-state index in [2.05, 4.69) is 61.8 Å². The fourth-order valence-electron chi connectivity index (χ4n) is 7.66. The minimum Gasteiger partial charge on any atom is -0.354 e. The second-order valence-corrected chi connectivity index (χ2v) is 12.7. The van der Waals surface area contributed by atoms with Gasteiger partial charge < -0.3 is 26.2 Å². The van der Waals surface area contributed by atoms with E-state index in [1.54, 1.807) is 0 Å². The standard InChI is InChI=1S/C16H28.C13H23B.2Y/c1-5-16(9-13(2)3)11-14-7-6-8-15(4,10-14)12-16;1-5-13(11(2)3)9-7-6-8-12(4,14)10-13;;/h13-14H,1-2,5-12H2,3-4H3;5H,6-10H2,1-4H3;;/q2*-2;;. The Morgan fingerprint density at radius 3 is 2.16 bits per heavy atom. The van der Waals surface area contributed by atoms with E-state index < -0.39 is 0 Å². The molecule has 0 aromatic heterocycles. The van der Waals surface area contributed by atoms with Crippen LogP contribution < -0.4 is 0 Å². The van der Waals surface area contributed by atoms with E-state index in [9.17, 15) is 0 Å². The summed E-state index contributed by atoms with van der Waals surface area (Å²) in [4.78, 5) is 0. The van der Waals surface area contributed by atoms with Crippen molar-refractivity contribution < 1.29 is 65.4 Å². The van der Waals surface area contributed by atoms with Gasteiger partial charge in [-0.15, -0.1) is 12.8 Å². The van der Waals surface area contributed by atoms with Crippen molar-refractivity contribution in [3.63, 3.8) is 0 Å². The molecule has 4 radical (unpaired) electrons. The van der Waals surface area contributed by atoms with Gasteiger partial charge in [-0.1, -0.05) is 70.0 Å². The molecule has 3 fully saturated rings. The van der Waals surface area contributed by atoms with Crippen LogP contribution in [0.1, 0.15) is 125 Å². The SMILES string of the molecule is [B]C1(C)CCCCC([CH-]C)([C-](C)C)C1.[CH2-]CC1(CC([CH2-])C)CC2CCCC(C)(C2)C1.[Y].[Y]. The quantitative estimate of drug-likeness (QED) is 0.171. The molecule has 3 aliphatic carbocycles. The summed E-state index contributed by atoms with van der Waals surface area (Å²) in [5.41, 5.74) is 1.47. The van der Waals surface area contributed by atoms with Crippen LogP contribution in [0.3, 0.4) is 0 Å². The maximum absolute atomic E-state index is 6.33. The topological polar surface area (TPSA) is 0 Å². The van der Waals surface area contributed by atoms with Crippen LogP contribution >= 0.6 is 0 Å². The zero-order chi connectivity index (χ0) is 22.6. The van der Waals surface area contributed by atoms with Gasteiger partial charge in [-0.3, -0.25) is 5.41 Å². The number of hydrogen-bond acceptors (Lipinski definition) is 0. The minimum atomic E-state index is 0. The average Bonchev–Trinajstić information content (AvgIpc) is 2.79. The van der Waals surface area contributed by atoms with Gasteiger partial charge in [0.2, 0.25) is 0 Å². The van der Waals surface area contributed by atoms with Gasteiger partial charge in [0.1, 0.15) is 0 Å². The van der Waals surface area contributed by atoms with E-state index in [1.165, 1.54) is 76.5 Å². The van der Waals surface area contributed by atoms with Crippen molar-refractivity contribution >= 4 is 7.85 Å². The summed E-state index contributed by atoms with van der Waals surface area (Å²) < 4.78 is 0. The fraction of sp³-hybridized carbons (Fsp3) is 0.862. The molecule has 6 atom stereocenters. The van der Waals surface area contributed by atoms with Crippen molar-refractivity contribution in [2.45, 2.75) is 130 Å². The van der Waals surface area contributed by atoms with Crippen LogP contribution in [-0.4, -0.2) is 7.85 Å². The Hall–Kier alpha value is 2.27. The Morgan fingerprint density at radius 1 is 1.03 bits per heavy atom. The van der Waals surface area contributed by atoms with E-state index in [0.29, 0.717) is 22.2 Å². The molecule has 0 N–H and O–H groups in total. The van der Waals surface area contributed by atoms with Crippen LogP contribution in [-0.2, 0) is 65.4 Å². The van der Waals surface area contributed by atoms with Gasteiger partial charge >= 0.3 is 0 Å². The van der Waals surface area contributed by atoms with Gasteiger partial charge in [0, 0.05) is 65.4 Å². The molecule has 0 saturated heterocycles. The average molecular weight is 588 g/mol. The van der Waals surface area contributed by atoms with E-state index in [0.717, 1.165) is 18.8 Å². The molecule has 3 rings (SSSR count). The second kappa shape index (κ2) is 14.3. The van der Waals surface area contributed by atoms with Crippen molar-refractivity contribution in [1.29, 1.82) is 0 Å². The Kier molecular flexibility index (Phi) is 15.3. The van der Waals surface area contributed by atoms with Gasteiger partial charge in [0.15, 0.2) is 0 Å². The molecular weight excluding hydrogens is 537 g/mol. The summed E-state index contributed by atoms with van der Waals surface area (Å²) in [6, 6.07) is 0. The molecule has 32 heavy (non-hydrogen) atoms. The van der Waals surface area contributed by atoms with Gasteiger partial charge in [-0.2, -0.15) is 33.1 Å². The summed E-state index contributed by atoms with van der Waals surface area (Å²) >= 11 is 0. The zero-order valence-corrected chi connectivity index (χ0v) is 28.2. The third-order valence-corrected chi connectivity index (χ3v) is 8.90. The third-order valence-electron chi connectivity index (χ3n) is 8.90. The monoisotopic (exact) mass is 588 g/mol. The molecule has 6 unspecified atom stereocenters. The molecule has 0 aliphatic heterocycles. The molecule has 0 heterocycles. The molecule has 3 heteroatoms. The molecule has 0 nitrogen and oxygen atoms in total. The van der Waals surface area contributed by atoms with Gasteiger partial charge in [-0.05, 0) is 37.0 Å². The molecule has 0 aromatic rings. The number of hydrogen-bond donors (Lipinski definition) is 0. The Labute approximate surface area is 255 Å². The maximum atomic E-state index is 6.33. The minimum absolute atomic E-state index is 0. The van der Waals surface area contributed by atoms with E-state index >= 15 is 0 Å². The van der Waals surface area contributed by atoms with E-state index in [1.807, 2.05) is 0 Å². The Morgan fingerprint density at radius 2 is 1.66 bits per heavy atom. The molecule has 2 bridgehead atoms. The van der Waals surface area contributed by atoms with Crippen LogP contribution in [0.4, 0.5) is 0 Å². The van der Waals surface area contributed by atoms with Crippen LogP contribution in [0, 0.1) is 54.3 Å². The van der Waals surface area contributed by atoms with Crippen molar-refractivity contribution in [2.75, 3.05) is 0 Å². The van der Waals surface area contributed by atoms with Crippen LogP contribution in [0.15, 0.2) is 0 Å². The smallest absolute Gasteiger partial charge is 0.0740 e. The summed E-state index contributed by atoms with van der Waals surface area (Å²) in [5.74, 6) is 3.11. The Balaban J connectivity index is 0.000000570. The Bertz CT molecular complexity index is 531. The number of fused-ring (bicyclic) bond motifs is 2. The second-order valence-electron chi connectivity index (χ2n) is 12.7. The van der Waals surface area contributed by atoms with Gasteiger partial charge in [-0.25, -0.2) is 0 Å². The van der Waals surface area contributed by atoms with E-state index in [-0.39, 0.29) is 70.7 Å². The molecule has 3 saturated carbocycles. The normalized spacial score (nSPS) is 40.1. The summed E-state index contributed by atoms with van der Waals surface area (Å²) in [6.07, 6.45) is 19.7. The molecule has 0 spiro atoms. The molecular formula is C29H51BY2-4. The van der Waals surface area contributed by atoms with Crippen LogP contribution in [0.25, 0.3) is 0 Å². The first kappa shape index (κ1) is 34.3. The summed E-state index contributed by atoms with van der Waals surface area (Å²) in [7, 11) is 6.33. The van der Waals surface area contributed by atoms with Crippen molar-refractivity contribution in [3.8, 4) is 0 Å². The van der Waals surface area contributed by atoms with Gasteiger partial charge in [0.05, 0.1) is 7.85 Å². The predicted molar refractivity (Wildman–Crippen MR) is 135 cm³/mol. The first-order valence-electron chi connectivity index (χ1n) is 12.9. The first-order valence-corrected chi connectivity index (χ1v) is 12.9. The van der Waals surface area contributed by atoms with Crippen LogP contribution in [0.5, 0.6) is 0 Å². The fourth-order valence-corrected chi connectivity index (χ4v) is 7.66. The van der Waals surface area contributed by atoms with Crippen molar-refractivity contribution in [3.05, 3.63) is 26.2 Å². The van der Waals surface area contributed by atoms with Gasteiger partial charge in [0.25, 0.3) is 0 Å².